The predicted molar refractivity (Wildman–Crippen MR) is 64.5 cm³/mol. The summed E-state index contributed by atoms with van der Waals surface area (Å²) in [5, 5.41) is 11.7. The molecule has 0 saturated carbocycles. The number of rotatable bonds is 4. The number of aryl methyl sites for hydroxylation is 2. The molecule has 0 spiro atoms. The molecule has 78 valence electrons. The summed E-state index contributed by atoms with van der Waals surface area (Å²) in [6.45, 7) is 0. The van der Waals surface area contributed by atoms with E-state index in [0.29, 0.717) is 5.75 Å². The fraction of sp³-hybridized carbons (Fsp3) is 0.231. The standard InChI is InChI=1S/C13H14OS/c14-13-9-2-1-5-11(13)6-3-7-12-8-4-10-15-12/h1-2,4-5,8-10,14H,3,6-7H2. The zero-order valence-electron chi connectivity index (χ0n) is 8.52. The van der Waals surface area contributed by atoms with Crippen LogP contribution in [0.4, 0.5) is 0 Å². The maximum atomic E-state index is 9.57. The molecule has 1 nitrogen and oxygen atoms in total. The Kier molecular flexibility index (Phi) is 3.41. The normalized spacial score (nSPS) is 10.4. The smallest absolute Gasteiger partial charge is 0.118 e. The highest BCUT2D eigenvalue weighted by molar-refractivity contribution is 7.09. The van der Waals surface area contributed by atoms with Crippen LogP contribution < -0.4 is 0 Å². The van der Waals surface area contributed by atoms with Gasteiger partial charge in [0.1, 0.15) is 5.75 Å². The molecule has 1 aromatic heterocycles. The van der Waals surface area contributed by atoms with Crippen molar-refractivity contribution in [3.8, 4) is 5.75 Å². The van der Waals surface area contributed by atoms with Crippen LogP contribution in [0.25, 0.3) is 0 Å². The average Bonchev–Trinajstić information content (AvgIpc) is 2.74. The van der Waals surface area contributed by atoms with Crippen molar-refractivity contribution in [2.24, 2.45) is 0 Å². The van der Waals surface area contributed by atoms with Gasteiger partial charge in [-0.1, -0.05) is 24.3 Å². The first-order valence-corrected chi connectivity index (χ1v) is 6.03. The lowest BCUT2D eigenvalue weighted by atomic mass is 10.1. The van der Waals surface area contributed by atoms with Gasteiger partial charge in [0.05, 0.1) is 0 Å². The van der Waals surface area contributed by atoms with Crippen LogP contribution in [0.1, 0.15) is 16.9 Å². The maximum Gasteiger partial charge on any atom is 0.118 e. The molecule has 0 bridgehead atoms. The summed E-state index contributed by atoms with van der Waals surface area (Å²) in [5.41, 5.74) is 1.05. The van der Waals surface area contributed by atoms with Crippen LogP contribution in [-0.2, 0) is 12.8 Å². The number of hydrogen-bond acceptors (Lipinski definition) is 2. The highest BCUT2D eigenvalue weighted by atomic mass is 32.1. The van der Waals surface area contributed by atoms with E-state index in [2.05, 4.69) is 17.5 Å². The highest BCUT2D eigenvalue weighted by Gasteiger charge is 2.00. The maximum absolute atomic E-state index is 9.57. The Morgan fingerprint density at radius 1 is 1.00 bits per heavy atom. The monoisotopic (exact) mass is 218 g/mol. The fourth-order valence-corrected chi connectivity index (χ4v) is 2.38. The Balaban J connectivity index is 1.86. The third-order valence-corrected chi connectivity index (χ3v) is 3.38. The first kappa shape index (κ1) is 10.2. The van der Waals surface area contributed by atoms with Crippen molar-refractivity contribution < 1.29 is 5.11 Å². The molecular formula is C13H14OS. The van der Waals surface area contributed by atoms with Crippen molar-refractivity contribution in [1.29, 1.82) is 0 Å². The third-order valence-electron chi connectivity index (χ3n) is 2.44. The van der Waals surface area contributed by atoms with Crippen molar-refractivity contribution in [2.75, 3.05) is 0 Å². The summed E-state index contributed by atoms with van der Waals surface area (Å²) in [7, 11) is 0. The number of hydrogen-bond donors (Lipinski definition) is 1. The minimum absolute atomic E-state index is 0.420. The molecule has 0 aliphatic rings. The molecule has 0 unspecified atom stereocenters. The number of phenolic OH excluding ortho intramolecular Hbond substituents is 1. The Bertz CT molecular complexity index is 406. The van der Waals surface area contributed by atoms with Crippen molar-refractivity contribution >= 4 is 11.3 Å². The Labute approximate surface area is 94.0 Å². The van der Waals surface area contributed by atoms with Gasteiger partial charge in [-0.25, -0.2) is 0 Å². The van der Waals surface area contributed by atoms with Crippen molar-refractivity contribution in [2.45, 2.75) is 19.3 Å². The fourth-order valence-electron chi connectivity index (χ4n) is 1.63. The zero-order valence-corrected chi connectivity index (χ0v) is 9.33. The zero-order chi connectivity index (χ0) is 10.5. The molecule has 0 amide bonds. The summed E-state index contributed by atoms with van der Waals surface area (Å²) < 4.78 is 0. The van der Waals surface area contributed by atoms with Gasteiger partial charge in [-0.05, 0) is 42.3 Å². The van der Waals surface area contributed by atoms with Gasteiger partial charge in [0.15, 0.2) is 0 Å². The molecule has 15 heavy (non-hydrogen) atoms. The van der Waals surface area contributed by atoms with Gasteiger partial charge in [-0.3, -0.25) is 0 Å². The lowest BCUT2D eigenvalue weighted by molar-refractivity contribution is 0.467. The summed E-state index contributed by atoms with van der Waals surface area (Å²) >= 11 is 1.80. The van der Waals surface area contributed by atoms with Crippen LogP contribution in [0.5, 0.6) is 5.75 Å². The topological polar surface area (TPSA) is 20.2 Å². The molecule has 1 heterocycles. The Morgan fingerprint density at radius 3 is 2.60 bits per heavy atom. The average molecular weight is 218 g/mol. The van der Waals surface area contributed by atoms with E-state index in [-0.39, 0.29) is 0 Å². The van der Waals surface area contributed by atoms with Crippen molar-refractivity contribution in [1.82, 2.24) is 0 Å². The molecule has 2 heteroatoms. The SMILES string of the molecule is Oc1ccccc1CCCc1cccs1. The molecule has 1 aromatic carbocycles. The van der Waals surface area contributed by atoms with Crippen LogP contribution in [-0.4, -0.2) is 5.11 Å². The van der Waals surface area contributed by atoms with Crippen LogP contribution in [0, 0.1) is 0 Å². The summed E-state index contributed by atoms with van der Waals surface area (Å²) in [6.07, 6.45) is 3.15. The van der Waals surface area contributed by atoms with Gasteiger partial charge in [-0.2, -0.15) is 0 Å². The van der Waals surface area contributed by atoms with Crippen molar-refractivity contribution in [3.05, 3.63) is 52.2 Å². The number of aromatic hydroxyl groups is 1. The summed E-state index contributed by atoms with van der Waals surface area (Å²) in [6, 6.07) is 11.8. The second-order valence-corrected chi connectivity index (χ2v) is 4.59. The van der Waals surface area contributed by atoms with Gasteiger partial charge in [0.25, 0.3) is 0 Å². The van der Waals surface area contributed by atoms with Gasteiger partial charge in [0.2, 0.25) is 0 Å². The second kappa shape index (κ2) is 4.99. The summed E-state index contributed by atoms with van der Waals surface area (Å²) in [4.78, 5) is 1.42. The molecule has 0 atom stereocenters. The molecule has 1 N–H and O–H groups in total. The minimum Gasteiger partial charge on any atom is -0.508 e. The number of para-hydroxylation sites is 1. The number of thiophene rings is 1. The van der Waals surface area contributed by atoms with Crippen LogP contribution in [0.3, 0.4) is 0 Å². The molecule has 0 fully saturated rings. The van der Waals surface area contributed by atoms with E-state index in [0.717, 1.165) is 24.8 Å². The van der Waals surface area contributed by atoms with Crippen molar-refractivity contribution in [3.63, 3.8) is 0 Å². The van der Waals surface area contributed by atoms with Crippen LogP contribution >= 0.6 is 11.3 Å². The lowest BCUT2D eigenvalue weighted by Crippen LogP contribution is -1.88. The van der Waals surface area contributed by atoms with Gasteiger partial charge >= 0.3 is 0 Å². The van der Waals surface area contributed by atoms with Gasteiger partial charge in [0, 0.05) is 4.88 Å². The first-order chi connectivity index (χ1) is 7.36. The van der Waals surface area contributed by atoms with E-state index in [1.807, 2.05) is 18.2 Å². The largest absolute Gasteiger partial charge is 0.508 e. The van der Waals surface area contributed by atoms with E-state index < -0.39 is 0 Å². The number of benzene rings is 1. The molecule has 0 saturated heterocycles. The molecule has 0 radical (unpaired) electrons. The predicted octanol–water partition coefficient (Wildman–Crippen LogP) is 3.63. The molecule has 0 aliphatic heterocycles. The molecular weight excluding hydrogens is 204 g/mol. The third kappa shape index (κ3) is 2.83. The van der Waals surface area contributed by atoms with E-state index in [4.69, 9.17) is 0 Å². The summed E-state index contributed by atoms with van der Waals surface area (Å²) in [5.74, 6) is 0.420. The van der Waals surface area contributed by atoms with E-state index in [1.165, 1.54) is 4.88 Å². The van der Waals surface area contributed by atoms with Gasteiger partial charge in [-0.15, -0.1) is 11.3 Å². The Morgan fingerprint density at radius 2 is 1.87 bits per heavy atom. The first-order valence-electron chi connectivity index (χ1n) is 5.15. The second-order valence-electron chi connectivity index (χ2n) is 3.56. The van der Waals surface area contributed by atoms with E-state index >= 15 is 0 Å². The molecule has 2 aromatic rings. The number of phenols is 1. The Hall–Kier alpha value is -1.28. The van der Waals surface area contributed by atoms with Crippen LogP contribution in [0.15, 0.2) is 41.8 Å². The lowest BCUT2D eigenvalue weighted by Gasteiger charge is -2.02. The van der Waals surface area contributed by atoms with Crippen LogP contribution in [0.2, 0.25) is 0 Å². The molecule has 2 rings (SSSR count). The van der Waals surface area contributed by atoms with Gasteiger partial charge < -0.3 is 5.11 Å². The van der Waals surface area contributed by atoms with E-state index in [1.54, 1.807) is 17.4 Å². The van der Waals surface area contributed by atoms with E-state index in [9.17, 15) is 5.11 Å². The molecule has 0 aliphatic carbocycles. The quantitative estimate of drug-likeness (QED) is 0.830. The highest BCUT2D eigenvalue weighted by Crippen LogP contribution is 2.19. The minimum atomic E-state index is 0.420.